The molecule has 0 fully saturated rings. The van der Waals surface area contributed by atoms with E-state index in [0.29, 0.717) is 62.5 Å². The second-order valence-corrected chi connectivity index (χ2v) is 29.2. The number of carbonyl (C=O) groups excluding carboxylic acids is 12. The quantitative estimate of drug-likeness (QED) is 0.0284. The van der Waals surface area contributed by atoms with Crippen LogP contribution in [0.25, 0.3) is 43.1 Å². The SMILES string of the molecule is CC1=CCC(NC(=O)c2nccc3ccccc23)C(=O)N(CC(=O)O)C1.CC1=CCC(NC(=O)c2nccc3ccccc23)C(=O)N(CC(=O)O)C1.COC(=O)CN1CC(C)=CCC(N)C1=O.COC(=O)CN1CC(C)=CCC(NC(=O)c2nccc3ccccc23)C1=O.COC(=O)CN1CC(C)=CCC(NC(=O)c2nccc3ccccc23)C1=O. The first-order valence-electron chi connectivity index (χ1n) is 38.6. The van der Waals surface area contributed by atoms with Crippen LogP contribution in [0, 0.1) is 0 Å². The van der Waals surface area contributed by atoms with E-state index in [1.54, 1.807) is 36.9 Å². The highest BCUT2D eigenvalue weighted by atomic mass is 16.5. The summed E-state index contributed by atoms with van der Waals surface area (Å²) in [6.45, 7) is 9.78. The van der Waals surface area contributed by atoms with Crippen LogP contribution in [0.1, 0.15) is 109 Å². The van der Waals surface area contributed by atoms with Gasteiger partial charge in [-0.05, 0) is 113 Å². The first kappa shape index (κ1) is 90.7. The van der Waals surface area contributed by atoms with Gasteiger partial charge in [-0.1, -0.05) is 155 Å². The molecule has 632 valence electrons. The molecular formula is C88H96N14O19. The number of rotatable bonds is 18. The topological polar surface area (TPSA) is 449 Å². The molecule has 5 unspecified atom stereocenters. The highest BCUT2D eigenvalue weighted by Gasteiger charge is 2.35. The number of nitrogens with two attached hydrogens (primary N) is 1. The predicted molar refractivity (Wildman–Crippen MR) is 446 cm³/mol. The maximum Gasteiger partial charge on any atom is 0.325 e. The average Bonchev–Trinajstić information content (AvgIpc) is 1.25. The van der Waals surface area contributed by atoms with Crippen molar-refractivity contribution in [2.24, 2.45) is 5.73 Å². The lowest BCUT2D eigenvalue weighted by molar-refractivity contribution is -0.147. The molecule has 4 aromatic heterocycles. The van der Waals surface area contributed by atoms with Crippen LogP contribution in [0.15, 0.2) is 204 Å². The maximum atomic E-state index is 12.8. The van der Waals surface area contributed by atoms with E-state index in [1.165, 1.54) is 45.8 Å². The zero-order valence-electron chi connectivity index (χ0n) is 68.2. The van der Waals surface area contributed by atoms with Gasteiger partial charge in [-0.3, -0.25) is 87.1 Å². The van der Waals surface area contributed by atoms with E-state index in [1.807, 2.05) is 174 Å². The highest BCUT2D eigenvalue weighted by molar-refractivity contribution is 6.10. The van der Waals surface area contributed by atoms with E-state index in [9.17, 15) is 67.1 Å². The number of pyridine rings is 4. The van der Waals surface area contributed by atoms with E-state index < -0.39 is 109 Å². The molecular weight excluding hydrogens is 1560 g/mol. The summed E-state index contributed by atoms with van der Waals surface area (Å²) >= 11 is 0. The molecule has 0 bridgehead atoms. The monoisotopic (exact) mass is 1650 g/mol. The number of esters is 3. The summed E-state index contributed by atoms with van der Waals surface area (Å²) in [5, 5.41) is 35.4. The fraction of sp³-hybridized carbons (Fsp3) is 0.318. The summed E-state index contributed by atoms with van der Waals surface area (Å²) in [5.74, 6) is -7.01. The minimum absolute atomic E-state index is 0.0335. The van der Waals surface area contributed by atoms with Crippen LogP contribution in [0.5, 0.6) is 0 Å². The van der Waals surface area contributed by atoms with Crippen molar-refractivity contribution >= 4 is 126 Å². The average molecular weight is 1650 g/mol. The van der Waals surface area contributed by atoms with Gasteiger partial charge in [-0.15, -0.1) is 0 Å². The van der Waals surface area contributed by atoms with Gasteiger partial charge in [0.2, 0.25) is 29.5 Å². The third kappa shape index (κ3) is 25.2. The van der Waals surface area contributed by atoms with Crippen molar-refractivity contribution < 1.29 is 91.5 Å². The third-order valence-corrected chi connectivity index (χ3v) is 19.9. The number of fused-ring (bicyclic) bond motifs is 4. The Hall–Kier alpha value is -14.2. The number of carboxylic acid groups (broad SMARTS) is 2. The number of nitrogens with zero attached hydrogens (tertiary/aromatic N) is 9. The molecule has 121 heavy (non-hydrogen) atoms. The molecule has 0 aliphatic carbocycles. The van der Waals surface area contributed by atoms with Crippen LogP contribution in [0.2, 0.25) is 0 Å². The van der Waals surface area contributed by atoms with Gasteiger partial charge in [-0.2, -0.15) is 0 Å². The Kier molecular flexibility index (Phi) is 32.4. The van der Waals surface area contributed by atoms with Crippen molar-refractivity contribution in [3.05, 3.63) is 227 Å². The van der Waals surface area contributed by atoms with E-state index in [4.69, 9.17) is 15.9 Å². The first-order valence-corrected chi connectivity index (χ1v) is 38.6. The summed E-state index contributed by atoms with van der Waals surface area (Å²) in [6, 6.07) is 33.2. The lowest BCUT2D eigenvalue weighted by Gasteiger charge is -2.24. The number of hydrogen-bond acceptors (Lipinski definition) is 22. The van der Waals surface area contributed by atoms with Crippen molar-refractivity contribution in [3.63, 3.8) is 0 Å². The molecule has 0 spiro atoms. The van der Waals surface area contributed by atoms with Crippen LogP contribution in [0.4, 0.5) is 0 Å². The lowest BCUT2D eigenvalue weighted by Crippen LogP contribution is -2.49. The summed E-state index contributed by atoms with van der Waals surface area (Å²) < 4.78 is 13.8. The highest BCUT2D eigenvalue weighted by Crippen LogP contribution is 2.24. The smallest absolute Gasteiger partial charge is 0.325 e. The predicted octanol–water partition coefficient (Wildman–Crippen LogP) is 6.23. The second kappa shape index (κ2) is 43.3. The Bertz CT molecular complexity index is 5130. The molecule has 8 N–H and O–H groups in total. The van der Waals surface area contributed by atoms with Crippen molar-refractivity contribution in [1.29, 1.82) is 0 Å². The van der Waals surface area contributed by atoms with Gasteiger partial charge in [-0.25, -0.2) is 0 Å². The molecule has 9 heterocycles. The molecule has 0 radical (unpaired) electrons. The van der Waals surface area contributed by atoms with Gasteiger partial charge in [0.1, 0.15) is 79.7 Å². The Morgan fingerprint density at radius 3 is 0.785 bits per heavy atom. The molecule has 5 aliphatic rings. The maximum absolute atomic E-state index is 12.8. The van der Waals surface area contributed by atoms with Crippen LogP contribution in [-0.2, 0) is 62.2 Å². The Balaban J connectivity index is 0.000000174. The van der Waals surface area contributed by atoms with Gasteiger partial charge in [0.25, 0.3) is 23.6 Å². The van der Waals surface area contributed by atoms with Crippen molar-refractivity contribution in [3.8, 4) is 0 Å². The number of carbonyl (C=O) groups is 14. The molecule has 13 rings (SSSR count). The third-order valence-electron chi connectivity index (χ3n) is 19.9. The number of ether oxygens (including phenoxy) is 3. The first-order chi connectivity index (χ1) is 57.9. The summed E-state index contributed by atoms with van der Waals surface area (Å²) in [4.78, 5) is 193. The second-order valence-electron chi connectivity index (χ2n) is 29.2. The van der Waals surface area contributed by atoms with Crippen LogP contribution in [0.3, 0.4) is 0 Å². The number of methoxy groups -OCH3 is 3. The number of amides is 9. The summed E-state index contributed by atoms with van der Waals surface area (Å²) in [7, 11) is 3.85. The number of carboxylic acids is 2. The zero-order chi connectivity index (χ0) is 87.6. The fourth-order valence-electron chi connectivity index (χ4n) is 13.7. The van der Waals surface area contributed by atoms with E-state index >= 15 is 0 Å². The summed E-state index contributed by atoms with van der Waals surface area (Å²) in [6.07, 6.45) is 17.5. The number of nitrogens with one attached hydrogen (secondary N) is 4. The number of hydrogen-bond donors (Lipinski definition) is 7. The molecule has 4 aromatic carbocycles. The van der Waals surface area contributed by atoms with Crippen molar-refractivity contribution in [2.45, 2.75) is 96.9 Å². The van der Waals surface area contributed by atoms with Gasteiger partial charge in [0.15, 0.2) is 0 Å². The van der Waals surface area contributed by atoms with Gasteiger partial charge in [0.05, 0.1) is 27.4 Å². The molecule has 5 aliphatic heterocycles. The standard InChI is InChI=1S/2C20H21N3O4.2C19H19N3O4.C10H16N2O3/c2*1-13-7-8-16(20(26)23(11-13)12-17(24)27-2)22-19(25)18-15-6-4-3-5-14(15)9-10-21-18;2*1-12-6-7-15(19(26)22(10-12)11-16(23)24)21-18(25)17-14-5-3-2-4-13(14)8-9-20-17;1-7-3-4-8(11)10(14)12(5-7)6-9(13)15-2/h2*3-7,9-10,16H,8,11-12H2,1-2H3,(H,22,25);2*2-6,8-9,15H,7,10-11H2,1H3,(H,21,25)(H,23,24);3,8H,4-6,11H2,1-2H3. The van der Waals surface area contributed by atoms with Gasteiger partial charge in [0, 0.05) is 79.1 Å². The van der Waals surface area contributed by atoms with Crippen LogP contribution in [-0.4, -0.2) is 255 Å². The molecule has 33 nitrogen and oxygen atoms in total. The Morgan fingerprint density at radius 2 is 0.554 bits per heavy atom. The van der Waals surface area contributed by atoms with Gasteiger partial charge < -0.3 is 75.9 Å². The Labute approximate surface area is 696 Å². The zero-order valence-corrected chi connectivity index (χ0v) is 68.2. The number of aliphatic carboxylic acids is 2. The molecule has 0 saturated heterocycles. The van der Waals surface area contributed by atoms with Crippen molar-refractivity contribution in [2.75, 3.05) is 86.8 Å². The minimum Gasteiger partial charge on any atom is -0.480 e. The Morgan fingerprint density at radius 1 is 0.339 bits per heavy atom. The van der Waals surface area contributed by atoms with E-state index in [0.717, 1.165) is 60.2 Å². The summed E-state index contributed by atoms with van der Waals surface area (Å²) in [5.41, 5.74) is 11.4. The minimum atomic E-state index is -1.09. The largest absolute Gasteiger partial charge is 0.480 e. The van der Waals surface area contributed by atoms with Gasteiger partial charge >= 0.3 is 29.8 Å². The fourth-order valence-corrected chi connectivity index (χ4v) is 13.7. The van der Waals surface area contributed by atoms with E-state index in [-0.39, 0.29) is 73.2 Å². The molecule has 9 amide bonds. The van der Waals surface area contributed by atoms with Crippen molar-refractivity contribution in [1.82, 2.24) is 65.7 Å². The normalized spacial score (nSPS) is 18.0. The van der Waals surface area contributed by atoms with Crippen LogP contribution >= 0.6 is 0 Å². The molecule has 33 heteroatoms. The number of benzene rings is 4. The van der Waals surface area contributed by atoms with Crippen LogP contribution < -0.4 is 27.0 Å². The molecule has 8 aromatic rings. The number of aromatic nitrogens is 4. The van der Waals surface area contributed by atoms with E-state index in [2.05, 4.69) is 55.4 Å². The lowest BCUT2D eigenvalue weighted by atomic mass is 10.1. The molecule has 0 saturated carbocycles. The molecule has 5 atom stereocenters.